The van der Waals surface area contributed by atoms with Crippen molar-refractivity contribution in [1.82, 2.24) is 9.78 Å². The molecule has 0 aliphatic carbocycles. The molecule has 0 unspecified atom stereocenters. The van der Waals surface area contributed by atoms with Crippen LogP contribution in [-0.4, -0.2) is 25.8 Å². The molecule has 330 valence electrons. The van der Waals surface area contributed by atoms with Crippen molar-refractivity contribution in [2.75, 3.05) is 4.90 Å². The summed E-state index contributed by atoms with van der Waals surface area (Å²) in [5.41, 5.74) is 15.3. The van der Waals surface area contributed by atoms with Crippen LogP contribution in [0.3, 0.4) is 0 Å². The summed E-state index contributed by atoms with van der Waals surface area (Å²) in [7, 11) is 0. The molecule has 5 heteroatoms. The summed E-state index contributed by atoms with van der Waals surface area (Å²) in [5.74, 6) is 1.00. The Labute approximate surface area is 383 Å². The minimum Gasteiger partial charge on any atom is -0.513 e. The van der Waals surface area contributed by atoms with Gasteiger partial charge in [-0.3, -0.25) is 4.58 Å². The molecule has 0 saturated heterocycles. The van der Waals surface area contributed by atoms with Gasteiger partial charge >= 0.3 is 0 Å². The van der Waals surface area contributed by atoms with Crippen molar-refractivity contribution in [2.45, 2.75) is 137 Å². The summed E-state index contributed by atoms with van der Waals surface area (Å²) < 4.78 is 4.39. The zero-order chi connectivity index (χ0) is 46.3. The third kappa shape index (κ3) is 7.86. The number of aromatic nitrogens is 2. The fourth-order valence-corrected chi connectivity index (χ4v) is 9.44. The smallest absolute Gasteiger partial charge is 0.246 e. The van der Waals surface area contributed by atoms with E-state index in [-0.39, 0.29) is 22.0 Å². The summed E-state index contributed by atoms with van der Waals surface area (Å²) in [5, 5.41) is 19.0. The number of fused-ring (bicyclic) bond motifs is 2. The van der Waals surface area contributed by atoms with E-state index < -0.39 is 5.54 Å². The number of rotatable bonds is 7. The van der Waals surface area contributed by atoms with E-state index in [0.717, 1.165) is 55.9 Å². The number of hydrogen-bond donors (Lipinski definition) is 1. The first-order chi connectivity index (χ1) is 30.0. The molecule has 1 aliphatic rings. The van der Waals surface area contributed by atoms with Crippen LogP contribution in [0.15, 0.2) is 121 Å². The number of hydrogen-bond acceptors (Lipinski definition) is 3. The highest BCUT2D eigenvalue weighted by Crippen LogP contribution is 2.49. The number of aromatic hydroxyl groups is 1. The normalized spacial score (nSPS) is 14.4. The maximum atomic E-state index is 12.3. The van der Waals surface area contributed by atoms with Gasteiger partial charge in [0.25, 0.3) is 0 Å². The minimum absolute atomic E-state index is 0.0311. The molecule has 2 heterocycles. The molecule has 0 radical (unpaired) electrons. The zero-order valence-corrected chi connectivity index (χ0v) is 40.9. The Morgan fingerprint density at radius 3 is 1.83 bits per heavy atom. The Bertz CT molecular complexity index is 2910. The highest BCUT2D eigenvalue weighted by molar-refractivity contribution is 5.98. The lowest BCUT2D eigenvalue weighted by Crippen LogP contribution is -2.41. The Balaban J connectivity index is 1.41. The van der Waals surface area contributed by atoms with Crippen LogP contribution in [0.1, 0.15) is 149 Å². The average molecular weight is 849 g/mol. The standard InChI is InChI=1S/C59H68N4O/c1-37(2)43-24-21-25-44(38(3)4)53(43)39-30-31-48-45(33-39)54(40-22-20-23-41(32-40)56(5,6)7)60-63(48)51-29-19-18-28-50(51)62-36-61(49-27-17-16-26-46(49)59(62,14)15)52-35-42(57(8,9)10)34-47(55(52)64)58(11,12)13/h16-35,37-38,64H,1-15H3. The van der Waals surface area contributed by atoms with Crippen molar-refractivity contribution in [3.63, 3.8) is 0 Å². The third-order valence-electron chi connectivity index (χ3n) is 13.3. The van der Waals surface area contributed by atoms with E-state index in [4.69, 9.17) is 5.10 Å². The second-order valence-corrected chi connectivity index (χ2v) is 22.2. The molecule has 6 aromatic carbocycles. The summed E-state index contributed by atoms with van der Waals surface area (Å²) in [6.07, 6.45) is 3.88. The zero-order valence-electron chi connectivity index (χ0n) is 40.9. The van der Waals surface area contributed by atoms with Gasteiger partial charge in [0, 0.05) is 16.5 Å². The van der Waals surface area contributed by atoms with E-state index in [1.807, 2.05) is 0 Å². The summed E-state index contributed by atoms with van der Waals surface area (Å²) in [6, 6.07) is 44.1. The molecule has 0 amide bonds. The van der Waals surface area contributed by atoms with E-state index in [1.54, 1.807) is 0 Å². The second kappa shape index (κ2) is 15.9. The number of benzene rings is 6. The van der Waals surface area contributed by atoms with Gasteiger partial charge < -0.3 is 10.0 Å². The van der Waals surface area contributed by atoms with E-state index in [9.17, 15) is 5.11 Å². The van der Waals surface area contributed by atoms with Gasteiger partial charge in [0.1, 0.15) is 17.0 Å². The molecule has 7 aromatic rings. The van der Waals surface area contributed by atoms with Gasteiger partial charge in [-0.2, -0.15) is 5.10 Å². The largest absolute Gasteiger partial charge is 0.513 e. The number of nitrogens with zero attached hydrogens (tertiary/aromatic N) is 4. The molecule has 0 atom stereocenters. The fraction of sp³-hybridized carbons (Fsp3) is 0.356. The van der Waals surface area contributed by atoms with E-state index in [2.05, 4.69) is 246 Å². The SMILES string of the molecule is CC(C)c1cccc(C(C)C)c1-c1ccc2c(c1)c(-c1cccc(C(C)(C)C)c1)nn2-c1ccccc1[N+]1=[C-]N(c2cc(C(C)(C)C)cc(C(C)(C)C)c2O)c2ccccc2C1(C)C. The summed E-state index contributed by atoms with van der Waals surface area (Å²) in [6.45, 7) is 33.7. The maximum absolute atomic E-state index is 12.3. The topological polar surface area (TPSA) is 44.3 Å². The highest BCUT2D eigenvalue weighted by atomic mass is 16.3. The van der Waals surface area contributed by atoms with Crippen molar-refractivity contribution in [1.29, 1.82) is 0 Å². The summed E-state index contributed by atoms with van der Waals surface area (Å²) in [4.78, 5) is 2.08. The first-order valence-corrected chi connectivity index (χ1v) is 23.2. The van der Waals surface area contributed by atoms with Crippen molar-refractivity contribution in [3.05, 3.63) is 155 Å². The Hall–Kier alpha value is -5.94. The lowest BCUT2D eigenvalue weighted by molar-refractivity contribution is -0.532. The number of para-hydroxylation sites is 3. The van der Waals surface area contributed by atoms with Gasteiger partial charge in [-0.1, -0.05) is 187 Å². The van der Waals surface area contributed by atoms with Gasteiger partial charge in [-0.05, 0) is 105 Å². The molecule has 64 heavy (non-hydrogen) atoms. The van der Waals surface area contributed by atoms with Gasteiger partial charge in [0.05, 0.1) is 28.3 Å². The maximum Gasteiger partial charge on any atom is 0.246 e. The second-order valence-electron chi connectivity index (χ2n) is 22.2. The van der Waals surface area contributed by atoms with E-state index in [1.165, 1.54) is 27.8 Å². The van der Waals surface area contributed by atoms with Crippen molar-refractivity contribution in [3.8, 4) is 33.8 Å². The Morgan fingerprint density at radius 1 is 0.594 bits per heavy atom. The monoisotopic (exact) mass is 849 g/mol. The van der Waals surface area contributed by atoms with Crippen LogP contribution in [-0.2, 0) is 21.8 Å². The van der Waals surface area contributed by atoms with Gasteiger partial charge in [0.2, 0.25) is 6.34 Å². The molecule has 0 bridgehead atoms. The van der Waals surface area contributed by atoms with Crippen LogP contribution in [0.5, 0.6) is 5.75 Å². The Morgan fingerprint density at radius 2 is 1.20 bits per heavy atom. The number of phenolic OH excluding ortho intramolecular Hbond substituents is 1. The number of anilines is 2. The molecular formula is C59H68N4O. The summed E-state index contributed by atoms with van der Waals surface area (Å²) >= 11 is 0. The molecule has 8 rings (SSSR count). The predicted molar refractivity (Wildman–Crippen MR) is 271 cm³/mol. The van der Waals surface area contributed by atoms with Gasteiger partial charge in [0.15, 0.2) is 0 Å². The van der Waals surface area contributed by atoms with Crippen molar-refractivity contribution < 1.29 is 9.68 Å². The molecule has 1 aromatic heterocycles. The Kier molecular flexibility index (Phi) is 11.1. The van der Waals surface area contributed by atoms with Crippen LogP contribution in [0, 0.1) is 0 Å². The molecular weight excluding hydrogens is 781 g/mol. The molecule has 0 saturated carbocycles. The molecule has 0 spiro atoms. The van der Waals surface area contributed by atoms with Crippen molar-refractivity contribution >= 4 is 34.3 Å². The molecule has 1 aliphatic heterocycles. The highest BCUT2D eigenvalue weighted by Gasteiger charge is 2.39. The minimum atomic E-state index is -0.541. The van der Waals surface area contributed by atoms with Crippen LogP contribution in [0.4, 0.5) is 17.1 Å². The van der Waals surface area contributed by atoms with Crippen LogP contribution in [0.2, 0.25) is 0 Å². The van der Waals surface area contributed by atoms with E-state index >= 15 is 0 Å². The average Bonchev–Trinajstić information content (AvgIpc) is 3.61. The molecule has 1 N–H and O–H groups in total. The van der Waals surface area contributed by atoms with Gasteiger partial charge in [-0.15, -0.1) is 0 Å². The first-order valence-electron chi connectivity index (χ1n) is 23.2. The number of phenols is 1. The van der Waals surface area contributed by atoms with Crippen LogP contribution >= 0.6 is 0 Å². The first kappa shape index (κ1) is 44.7. The van der Waals surface area contributed by atoms with Crippen LogP contribution in [0.25, 0.3) is 39.0 Å². The van der Waals surface area contributed by atoms with Crippen LogP contribution < -0.4 is 4.90 Å². The quantitative estimate of drug-likeness (QED) is 0.128. The third-order valence-corrected chi connectivity index (χ3v) is 13.3. The molecule has 0 fully saturated rings. The lowest BCUT2D eigenvalue weighted by Gasteiger charge is -2.41. The lowest BCUT2D eigenvalue weighted by atomic mass is 9.79. The fourth-order valence-electron chi connectivity index (χ4n) is 9.44. The van der Waals surface area contributed by atoms with Gasteiger partial charge in [-0.25, -0.2) is 4.68 Å². The predicted octanol–water partition coefficient (Wildman–Crippen LogP) is 15.8. The van der Waals surface area contributed by atoms with Crippen molar-refractivity contribution in [2.24, 2.45) is 0 Å². The van der Waals surface area contributed by atoms with E-state index in [0.29, 0.717) is 17.5 Å². The molecule has 5 nitrogen and oxygen atoms in total.